The average Bonchev–Trinajstić information content (AvgIpc) is 2.77. The van der Waals surface area contributed by atoms with Crippen LogP contribution in [0.3, 0.4) is 0 Å². The lowest BCUT2D eigenvalue weighted by Gasteiger charge is -2.08. The summed E-state index contributed by atoms with van der Waals surface area (Å²) >= 11 is 5.58. The molecule has 2 rings (SSSR count). The molecule has 7 heteroatoms. The van der Waals surface area contributed by atoms with Crippen LogP contribution in [0.2, 0.25) is 0 Å². The maximum absolute atomic E-state index is 13.4. The van der Waals surface area contributed by atoms with Crippen LogP contribution in [-0.4, -0.2) is 9.78 Å². The van der Waals surface area contributed by atoms with Crippen LogP contribution in [0.1, 0.15) is 11.1 Å². The molecule has 0 aliphatic carbocycles. The molecule has 0 fully saturated rings. The Morgan fingerprint density at radius 2 is 2.00 bits per heavy atom. The molecule has 0 aliphatic rings. The van der Waals surface area contributed by atoms with E-state index in [-0.39, 0.29) is 17.1 Å². The highest BCUT2D eigenvalue weighted by molar-refractivity contribution is 6.17. The van der Waals surface area contributed by atoms with E-state index in [1.807, 2.05) is 0 Å². The minimum absolute atomic E-state index is 0.107. The molecule has 0 N–H and O–H groups in total. The first-order valence-electron chi connectivity index (χ1n) is 4.89. The van der Waals surface area contributed by atoms with Gasteiger partial charge in [0.05, 0.1) is 23.3 Å². The van der Waals surface area contributed by atoms with Gasteiger partial charge in [-0.3, -0.25) is 0 Å². The lowest BCUT2D eigenvalue weighted by molar-refractivity contribution is -0.137. The molecule has 0 saturated carbocycles. The summed E-state index contributed by atoms with van der Waals surface area (Å²) in [4.78, 5) is 0. The Bertz CT molecular complexity index is 562. The highest BCUT2D eigenvalue weighted by Crippen LogP contribution is 2.29. The molecule has 0 bridgehead atoms. The number of rotatable bonds is 2. The number of halogens is 5. The maximum atomic E-state index is 13.4. The van der Waals surface area contributed by atoms with Crippen LogP contribution in [0.4, 0.5) is 17.6 Å². The van der Waals surface area contributed by atoms with Gasteiger partial charge in [-0.25, -0.2) is 9.07 Å². The van der Waals surface area contributed by atoms with E-state index < -0.39 is 17.6 Å². The van der Waals surface area contributed by atoms with Crippen molar-refractivity contribution >= 4 is 11.6 Å². The second-order valence-electron chi connectivity index (χ2n) is 3.54. The third-order valence-electron chi connectivity index (χ3n) is 2.38. The third kappa shape index (κ3) is 2.33. The summed E-state index contributed by atoms with van der Waals surface area (Å²) in [6, 6.07) is 4.03. The average molecular weight is 279 g/mol. The Morgan fingerprint density at radius 1 is 1.28 bits per heavy atom. The van der Waals surface area contributed by atoms with Crippen molar-refractivity contribution in [2.24, 2.45) is 0 Å². The smallest absolute Gasteiger partial charge is 0.240 e. The molecule has 2 aromatic rings. The zero-order valence-electron chi connectivity index (χ0n) is 8.88. The molecule has 0 atom stereocenters. The monoisotopic (exact) mass is 278 g/mol. The summed E-state index contributed by atoms with van der Waals surface area (Å²) in [6.07, 6.45) is -3.00. The van der Waals surface area contributed by atoms with E-state index in [2.05, 4.69) is 5.10 Å². The van der Waals surface area contributed by atoms with Crippen LogP contribution in [0, 0.1) is 5.82 Å². The van der Waals surface area contributed by atoms with Gasteiger partial charge < -0.3 is 0 Å². The largest absolute Gasteiger partial charge is 0.419 e. The van der Waals surface area contributed by atoms with Gasteiger partial charge in [-0.05, 0) is 12.1 Å². The second-order valence-corrected chi connectivity index (χ2v) is 3.81. The zero-order chi connectivity index (χ0) is 13.3. The molecule has 18 heavy (non-hydrogen) atoms. The van der Waals surface area contributed by atoms with Crippen LogP contribution in [0.5, 0.6) is 0 Å². The van der Waals surface area contributed by atoms with E-state index in [1.165, 1.54) is 18.2 Å². The van der Waals surface area contributed by atoms with E-state index in [1.54, 1.807) is 0 Å². The van der Waals surface area contributed by atoms with Gasteiger partial charge in [0.25, 0.3) is 0 Å². The lowest BCUT2D eigenvalue weighted by Crippen LogP contribution is -2.04. The Morgan fingerprint density at radius 3 is 2.56 bits per heavy atom. The van der Waals surface area contributed by atoms with Gasteiger partial charge in [0.1, 0.15) is 5.82 Å². The molecule has 1 aromatic heterocycles. The number of hydrogen-bond acceptors (Lipinski definition) is 1. The summed E-state index contributed by atoms with van der Waals surface area (Å²) in [6.45, 7) is 0. The van der Waals surface area contributed by atoms with Gasteiger partial charge in [0.2, 0.25) is 0 Å². The van der Waals surface area contributed by atoms with Crippen LogP contribution >= 0.6 is 11.6 Å². The molecule has 0 amide bonds. The summed E-state index contributed by atoms with van der Waals surface area (Å²) in [5, 5.41) is 3.57. The van der Waals surface area contributed by atoms with Gasteiger partial charge >= 0.3 is 6.18 Å². The zero-order valence-corrected chi connectivity index (χ0v) is 9.63. The first-order valence-corrected chi connectivity index (χ1v) is 5.42. The van der Waals surface area contributed by atoms with E-state index in [4.69, 9.17) is 11.6 Å². The van der Waals surface area contributed by atoms with Crippen molar-refractivity contribution in [1.29, 1.82) is 0 Å². The maximum Gasteiger partial charge on any atom is 0.419 e. The van der Waals surface area contributed by atoms with Gasteiger partial charge in [-0.15, -0.1) is 11.6 Å². The number of alkyl halides is 4. The highest BCUT2D eigenvalue weighted by atomic mass is 35.5. The highest BCUT2D eigenvalue weighted by Gasteiger charge is 2.32. The minimum Gasteiger partial charge on any atom is -0.240 e. The topological polar surface area (TPSA) is 17.8 Å². The molecule has 0 unspecified atom stereocenters. The molecule has 2 nitrogen and oxygen atoms in total. The Labute approximate surface area is 105 Å². The summed E-state index contributed by atoms with van der Waals surface area (Å²) in [7, 11) is 0. The van der Waals surface area contributed by atoms with Crippen molar-refractivity contribution < 1.29 is 17.6 Å². The standard InChI is InChI=1S/C11H7ClF4N2/c12-4-8-9(13)2-1-3-10(8)18-6-7(5-17-18)11(14,15)16/h1-3,5-6H,4H2. The Hall–Kier alpha value is -1.56. The molecule has 0 spiro atoms. The van der Waals surface area contributed by atoms with Gasteiger partial charge in [-0.2, -0.15) is 18.3 Å². The van der Waals surface area contributed by atoms with Gasteiger partial charge in [-0.1, -0.05) is 6.07 Å². The molecule has 0 saturated heterocycles. The van der Waals surface area contributed by atoms with Crippen molar-refractivity contribution in [3.63, 3.8) is 0 Å². The Balaban J connectivity index is 2.50. The SMILES string of the molecule is Fc1cccc(-n2cc(C(F)(F)F)cn2)c1CCl. The van der Waals surface area contributed by atoms with Crippen LogP contribution in [-0.2, 0) is 12.1 Å². The van der Waals surface area contributed by atoms with Gasteiger partial charge in [0, 0.05) is 11.8 Å². The van der Waals surface area contributed by atoms with Crippen molar-refractivity contribution in [3.8, 4) is 5.69 Å². The minimum atomic E-state index is -4.48. The van der Waals surface area contributed by atoms with Crippen LogP contribution < -0.4 is 0 Å². The van der Waals surface area contributed by atoms with E-state index >= 15 is 0 Å². The molecule has 0 aliphatic heterocycles. The molecular formula is C11H7ClF4N2. The van der Waals surface area contributed by atoms with Crippen molar-refractivity contribution in [2.75, 3.05) is 0 Å². The second kappa shape index (κ2) is 4.61. The predicted molar refractivity (Wildman–Crippen MR) is 58.1 cm³/mol. The van der Waals surface area contributed by atoms with E-state index in [9.17, 15) is 17.6 Å². The number of hydrogen-bond donors (Lipinski definition) is 0. The normalized spacial score (nSPS) is 11.8. The van der Waals surface area contributed by atoms with Crippen molar-refractivity contribution in [1.82, 2.24) is 9.78 Å². The molecule has 0 radical (unpaired) electrons. The molecule has 1 heterocycles. The fourth-order valence-electron chi connectivity index (χ4n) is 1.50. The van der Waals surface area contributed by atoms with Crippen molar-refractivity contribution in [2.45, 2.75) is 12.1 Å². The number of aromatic nitrogens is 2. The summed E-state index contributed by atoms with van der Waals surface area (Å²) < 4.78 is 51.7. The molecule has 1 aromatic carbocycles. The van der Waals surface area contributed by atoms with Crippen molar-refractivity contribution in [3.05, 3.63) is 47.5 Å². The summed E-state index contributed by atoms with van der Waals surface area (Å²) in [5.41, 5.74) is -0.594. The van der Waals surface area contributed by atoms with Crippen LogP contribution in [0.15, 0.2) is 30.6 Å². The van der Waals surface area contributed by atoms with E-state index in [0.717, 1.165) is 10.9 Å². The van der Waals surface area contributed by atoms with Gasteiger partial charge in [0.15, 0.2) is 0 Å². The lowest BCUT2D eigenvalue weighted by atomic mass is 10.2. The quantitative estimate of drug-likeness (QED) is 0.604. The number of nitrogens with zero attached hydrogens (tertiary/aromatic N) is 2. The third-order valence-corrected chi connectivity index (χ3v) is 2.65. The van der Waals surface area contributed by atoms with Crippen LogP contribution in [0.25, 0.3) is 5.69 Å². The van der Waals surface area contributed by atoms with E-state index in [0.29, 0.717) is 6.20 Å². The molecular weight excluding hydrogens is 272 g/mol. The molecule has 96 valence electrons. The fourth-order valence-corrected chi connectivity index (χ4v) is 1.76. The first kappa shape index (κ1) is 12.9. The fraction of sp³-hybridized carbons (Fsp3) is 0.182. The summed E-state index contributed by atoms with van der Waals surface area (Å²) in [5.74, 6) is -0.727. The first-order chi connectivity index (χ1) is 8.43. The number of benzene rings is 1. The predicted octanol–water partition coefficient (Wildman–Crippen LogP) is 3.77. The Kier molecular flexibility index (Phi) is 3.30.